The van der Waals surface area contributed by atoms with Gasteiger partial charge in [-0.1, -0.05) is 41.1 Å². The van der Waals surface area contributed by atoms with Gasteiger partial charge in [-0.15, -0.1) is 0 Å². The lowest BCUT2D eigenvalue weighted by atomic mass is 10.1. The fraction of sp³-hybridized carbons (Fsp3) is 0.350. The molecule has 1 aliphatic rings. The van der Waals surface area contributed by atoms with Crippen LogP contribution < -0.4 is 16.6 Å². The summed E-state index contributed by atoms with van der Waals surface area (Å²) in [6, 6.07) is 7.50. The van der Waals surface area contributed by atoms with Crippen LogP contribution >= 0.6 is 15.9 Å². The molecule has 1 aromatic heterocycles. The molecule has 154 valence electrons. The Bertz CT molecular complexity index is 1030. The fourth-order valence-corrected chi connectivity index (χ4v) is 3.52. The van der Waals surface area contributed by atoms with E-state index in [1.807, 2.05) is 31.2 Å². The summed E-state index contributed by atoms with van der Waals surface area (Å²) in [5.41, 5.74) is 0.305. The Labute approximate surface area is 175 Å². The number of aryl methyl sites for hydroxylation is 1. The molecule has 2 heterocycles. The topological polar surface area (TPSA) is 113 Å². The third-order valence-corrected chi connectivity index (χ3v) is 5.46. The number of aromatic amines is 1. The zero-order chi connectivity index (χ0) is 21.0. The molecule has 1 saturated heterocycles. The minimum Gasteiger partial charge on any atom is -0.390 e. The minimum absolute atomic E-state index is 0.0928. The van der Waals surface area contributed by atoms with Gasteiger partial charge in [0.15, 0.2) is 0 Å². The molecule has 2 aromatic rings. The number of halogens is 1. The number of nitrogens with zero attached hydrogens (tertiary/aromatic N) is 1. The maximum absolute atomic E-state index is 12.1. The van der Waals surface area contributed by atoms with E-state index in [2.05, 4.69) is 26.2 Å². The molecule has 1 fully saturated rings. The van der Waals surface area contributed by atoms with Crippen LogP contribution in [0.5, 0.6) is 0 Å². The lowest BCUT2D eigenvalue weighted by Crippen LogP contribution is -2.37. The summed E-state index contributed by atoms with van der Waals surface area (Å²) in [7, 11) is 0. The molecule has 9 heteroatoms. The Morgan fingerprint density at radius 3 is 2.90 bits per heavy atom. The number of aliphatic hydroxyl groups is 1. The van der Waals surface area contributed by atoms with Crippen molar-refractivity contribution in [1.29, 1.82) is 0 Å². The molecule has 8 nitrogen and oxygen atoms in total. The van der Waals surface area contributed by atoms with Gasteiger partial charge in [0.2, 0.25) is 5.91 Å². The predicted octanol–water partition coefficient (Wildman–Crippen LogP) is 1.34. The third-order valence-electron chi connectivity index (χ3n) is 4.73. The lowest BCUT2D eigenvalue weighted by molar-refractivity contribution is -0.117. The third kappa shape index (κ3) is 5.11. The smallest absolute Gasteiger partial charge is 0.330 e. The van der Waals surface area contributed by atoms with Gasteiger partial charge in [0.1, 0.15) is 12.3 Å². The molecule has 29 heavy (non-hydrogen) atoms. The Morgan fingerprint density at radius 2 is 2.17 bits per heavy atom. The average Bonchev–Trinajstić information content (AvgIpc) is 3.06. The Morgan fingerprint density at radius 1 is 1.41 bits per heavy atom. The molecule has 0 unspecified atom stereocenters. The number of benzene rings is 1. The van der Waals surface area contributed by atoms with Crippen molar-refractivity contribution >= 4 is 27.9 Å². The molecule has 0 spiro atoms. The van der Waals surface area contributed by atoms with Gasteiger partial charge in [0.25, 0.3) is 5.56 Å². The molecule has 3 N–H and O–H groups in total. The van der Waals surface area contributed by atoms with Crippen LogP contribution in [0.15, 0.2) is 50.6 Å². The highest BCUT2D eigenvalue weighted by Crippen LogP contribution is 2.27. The molecule has 0 bridgehead atoms. The van der Waals surface area contributed by atoms with E-state index in [9.17, 15) is 19.5 Å². The Balaban J connectivity index is 1.61. The predicted molar refractivity (Wildman–Crippen MR) is 111 cm³/mol. The molecule has 3 atom stereocenters. The van der Waals surface area contributed by atoms with Crippen molar-refractivity contribution in [2.45, 2.75) is 38.2 Å². The van der Waals surface area contributed by atoms with E-state index >= 15 is 0 Å². The van der Waals surface area contributed by atoms with Crippen LogP contribution in [0.3, 0.4) is 0 Å². The number of carbonyl (C=O) groups is 1. The van der Waals surface area contributed by atoms with E-state index in [4.69, 9.17) is 4.74 Å². The van der Waals surface area contributed by atoms with E-state index in [0.29, 0.717) is 12.0 Å². The summed E-state index contributed by atoms with van der Waals surface area (Å²) < 4.78 is 7.91. The molecule has 0 radical (unpaired) electrons. The SMILES string of the molecule is CCc1cn([C@H]2C[C@H](O)[C@@H](CNC(=O)C=Cc3ccccc3Br)O2)c(=O)[nH]c1=O. The number of hydrogen-bond acceptors (Lipinski definition) is 5. The lowest BCUT2D eigenvalue weighted by Gasteiger charge is -2.16. The van der Waals surface area contributed by atoms with E-state index in [0.717, 1.165) is 10.0 Å². The summed E-state index contributed by atoms with van der Waals surface area (Å²) in [5.74, 6) is -0.325. The van der Waals surface area contributed by atoms with Crippen molar-refractivity contribution in [3.8, 4) is 0 Å². The second kappa shape index (κ2) is 9.34. The number of H-pyrrole nitrogens is 1. The normalized spacial score (nSPS) is 21.6. The second-order valence-electron chi connectivity index (χ2n) is 6.71. The summed E-state index contributed by atoms with van der Waals surface area (Å²) in [4.78, 5) is 38.1. The van der Waals surface area contributed by atoms with Crippen molar-refractivity contribution < 1.29 is 14.6 Å². The van der Waals surface area contributed by atoms with Crippen LogP contribution in [0.2, 0.25) is 0 Å². The molecular formula is C20H22BrN3O5. The Kier molecular flexibility index (Phi) is 6.83. The van der Waals surface area contributed by atoms with Gasteiger partial charge in [-0.3, -0.25) is 19.1 Å². The highest BCUT2D eigenvalue weighted by Gasteiger charge is 2.35. The molecule has 0 saturated carbocycles. The van der Waals surface area contributed by atoms with Crippen molar-refractivity contribution in [3.05, 3.63) is 73.0 Å². The van der Waals surface area contributed by atoms with Crippen LogP contribution in [0.25, 0.3) is 6.08 Å². The Hall–Kier alpha value is -2.49. The summed E-state index contributed by atoms with van der Waals surface area (Å²) in [5, 5.41) is 13.0. The molecule has 1 aromatic carbocycles. The van der Waals surface area contributed by atoms with Crippen LogP contribution in [0, 0.1) is 0 Å². The molecule has 0 aliphatic carbocycles. The van der Waals surface area contributed by atoms with Crippen molar-refractivity contribution in [3.63, 3.8) is 0 Å². The van der Waals surface area contributed by atoms with Gasteiger partial charge in [-0.05, 0) is 24.1 Å². The number of rotatable bonds is 6. The first-order chi connectivity index (χ1) is 13.9. The number of hydrogen-bond donors (Lipinski definition) is 3. The van der Waals surface area contributed by atoms with E-state index in [1.165, 1.54) is 16.8 Å². The van der Waals surface area contributed by atoms with Gasteiger partial charge in [-0.25, -0.2) is 4.79 Å². The standard InChI is InChI=1S/C20H22BrN3O5/c1-2-12-11-24(20(28)23-19(12)27)18-9-15(25)16(29-18)10-22-17(26)8-7-13-5-3-4-6-14(13)21/h3-8,11,15-16,18,25H,2,9-10H2,1H3,(H,22,26)(H,23,27,28)/t15-,16+,18+/m0/s1. The van der Waals surface area contributed by atoms with Gasteiger partial charge in [0.05, 0.1) is 6.10 Å². The molecule has 1 amide bonds. The zero-order valence-corrected chi connectivity index (χ0v) is 17.4. The zero-order valence-electron chi connectivity index (χ0n) is 15.8. The molecule has 1 aliphatic heterocycles. The van der Waals surface area contributed by atoms with E-state index < -0.39 is 29.7 Å². The monoisotopic (exact) mass is 463 g/mol. The fourth-order valence-electron chi connectivity index (χ4n) is 3.10. The minimum atomic E-state index is -0.851. The molecule has 3 rings (SSSR count). The molecular weight excluding hydrogens is 442 g/mol. The van der Waals surface area contributed by atoms with Crippen LogP contribution in [0.4, 0.5) is 0 Å². The number of carbonyl (C=O) groups excluding carboxylic acids is 1. The first-order valence-electron chi connectivity index (χ1n) is 9.27. The summed E-state index contributed by atoms with van der Waals surface area (Å²) in [6.07, 6.45) is 2.97. The number of aromatic nitrogens is 2. The second-order valence-corrected chi connectivity index (χ2v) is 7.56. The number of amides is 1. The first kappa shape index (κ1) is 21.2. The van der Waals surface area contributed by atoms with Crippen molar-refractivity contribution in [1.82, 2.24) is 14.9 Å². The highest BCUT2D eigenvalue weighted by atomic mass is 79.9. The maximum Gasteiger partial charge on any atom is 0.330 e. The van der Waals surface area contributed by atoms with Gasteiger partial charge in [0, 0.05) is 35.3 Å². The number of nitrogens with one attached hydrogen (secondary N) is 2. The highest BCUT2D eigenvalue weighted by molar-refractivity contribution is 9.10. The largest absolute Gasteiger partial charge is 0.390 e. The van der Waals surface area contributed by atoms with Gasteiger partial charge >= 0.3 is 5.69 Å². The average molecular weight is 464 g/mol. The van der Waals surface area contributed by atoms with Gasteiger partial charge in [-0.2, -0.15) is 0 Å². The van der Waals surface area contributed by atoms with Crippen LogP contribution in [-0.4, -0.2) is 39.3 Å². The summed E-state index contributed by atoms with van der Waals surface area (Å²) in [6.45, 7) is 1.90. The number of ether oxygens (including phenoxy) is 1. The number of aliphatic hydroxyl groups excluding tert-OH is 1. The quantitative estimate of drug-likeness (QED) is 0.559. The van der Waals surface area contributed by atoms with E-state index in [-0.39, 0.29) is 18.9 Å². The van der Waals surface area contributed by atoms with Crippen LogP contribution in [-0.2, 0) is 16.0 Å². The summed E-state index contributed by atoms with van der Waals surface area (Å²) >= 11 is 3.41. The van der Waals surface area contributed by atoms with Crippen molar-refractivity contribution in [2.75, 3.05) is 6.54 Å². The maximum atomic E-state index is 12.1. The van der Waals surface area contributed by atoms with Crippen molar-refractivity contribution in [2.24, 2.45) is 0 Å². The first-order valence-corrected chi connectivity index (χ1v) is 10.1. The van der Waals surface area contributed by atoms with Crippen LogP contribution in [0.1, 0.15) is 30.7 Å². The van der Waals surface area contributed by atoms with Gasteiger partial charge < -0.3 is 15.2 Å². The van der Waals surface area contributed by atoms with E-state index in [1.54, 1.807) is 6.08 Å².